The van der Waals surface area contributed by atoms with Crippen LogP contribution in [0.5, 0.6) is 0 Å². The topological polar surface area (TPSA) is 132 Å². The summed E-state index contributed by atoms with van der Waals surface area (Å²) in [7, 11) is 0. The average Bonchev–Trinajstić information content (AvgIpc) is 2.67. The highest BCUT2D eigenvalue weighted by atomic mass is 16.6. The summed E-state index contributed by atoms with van der Waals surface area (Å²) in [5.74, 6) is -0.0626. The number of rotatable bonds is 9. The van der Waals surface area contributed by atoms with Crippen LogP contribution in [0.15, 0.2) is 30.6 Å². The molecule has 0 aliphatic rings. The molecule has 138 valence electrons. The first-order valence-corrected chi connectivity index (χ1v) is 8.44. The Balaban J connectivity index is 2.34. The summed E-state index contributed by atoms with van der Waals surface area (Å²) in [6.45, 7) is 1.73. The molecule has 1 heterocycles. The van der Waals surface area contributed by atoms with Crippen LogP contribution in [0.3, 0.4) is 0 Å². The van der Waals surface area contributed by atoms with E-state index < -0.39 is 4.92 Å². The molecule has 0 spiro atoms. The van der Waals surface area contributed by atoms with Gasteiger partial charge < -0.3 is 10.2 Å². The van der Waals surface area contributed by atoms with E-state index >= 15 is 0 Å². The van der Waals surface area contributed by atoms with Gasteiger partial charge in [-0.1, -0.05) is 25.5 Å². The van der Waals surface area contributed by atoms with E-state index in [1.54, 1.807) is 0 Å². The van der Waals surface area contributed by atoms with Gasteiger partial charge in [-0.15, -0.1) is 0 Å². The second-order valence-electron chi connectivity index (χ2n) is 5.75. The van der Waals surface area contributed by atoms with E-state index in [9.17, 15) is 10.1 Å². The zero-order valence-electron chi connectivity index (χ0n) is 14.9. The van der Waals surface area contributed by atoms with E-state index in [1.165, 1.54) is 16.8 Å². The van der Waals surface area contributed by atoms with E-state index in [0.29, 0.717) is 5.69 Å². The highest BCUT2D eigenvalue weighted by Gasteiger charge is 2.27. The van der Waals surface area contributed by atoms with Crippen molar-refractivity contribution >= 4 is 23.0 Å². The van der Waals surface area contributed by atoms with E-state index in [0.717, 1.165) is 19.3 Å². The lowest BCUT2D eigenvalue weighted by atomic mass is 10.1. The van der Waals surface area contributed by atoms with E-state index in [2.05, 4.69) is 22.2 Å². The molecule has 0 fully saturated rings. The van der Waals surface area contributed by atoms with Crippen molar-refractivity contribution in [2.45, 2.75) is 26.2 Å². The van der Waals surface area contributed by atoms with Crippen molar-refractivity contribution in [2.24, 2.45) is 0 Å². The minimum absolute atomic E-state index is 0.00666. The first kappa shape index (κ1) is 19.6. The van der Waals surface area contributed by atoms with Crippen molar-refractivity contribution in [3.8, 4) is 12.1 Å². The maximum absolute atomic E-state index is 11.6. The van der Waals surface area contributed by atoms with Crippen molar-refractivity contribution in [3.63, 3.8) is 0 Å². The van der Waals surface area contributed by atoms with Crippen LogP contribution >= 0.6 is 0 Å². The molecule has 1 N–H and O–H groups in total. The van der Waals surface area contributed by atoms with Crippen molar-refractivity contribution in [1.82, 2.24) is 9.97 Å². The summed E-state index contributed by atoms with van der Waals surface area (Å²) in [5, 5.41) is 32.4. The molecule has 1 aromatic carbocycles. The number of hydrogen-bond acceptors (Lipinski definition) is 8. The Bertz CT molecular complexity index is 853. The largest absolute Gasteiger partial charge is 0.353 e. The second-order valence-corrected chi connectivity index (χ2v) is 5.75. The van der Waals surface area contributed by atoms with Crippen molar-refractivity contribution in [1.29, 1.82) is 10.5 Å². The SMILES string of the molecule is CCCCc1ccc(Nc2ncnc(N(CC#N)CC#N)c2[N+](=O)[O-])cc1. The van der Waals surface area contributed by atoms with Crippen LogP contribution < -0.4 is 10.2 Å². The number of aryl methyl sites for hydroxylation is 1. The fourth-order valence-corrected chi connectivity index (χ4v) is 2.51. The van der Waals surface area contributed by atoms with Gasteiger partial charge in [0.1, 0.15) is 19.4 Å². The lowest BCUT2D eigenvalue weighted by Gasteiger charge is -2.17. The number of unbranched alkanes of at least 4 members (excludes halogenated alkanes) is 1. The van der Waals surface area contributed by atoms with Gasteiger partial charge in [-0.05, 0) is 30.5 Å². The molecule has 0 unspecified atom stereocenters. The maximum Gasteiger partial charge on any atom is 0.353 e. The molecule has 27 heavy (non-hydrogen) atoms. The van der Waals surface area contributed by atoms with Crippen LogP contribution in [0.2, 0.25) is 0 Å². The molecule has 0 atom stereocenters. The summed E-state index contributed by atoms with van der Waals surface area (Å²) in [6.07, 6.45) is 4.35. The summed E-state index contributed by atoms with van der Waals surface area (Å²) in [4.78, 5) is 20.1. The Kier molecular flexibility index (Phi) is 7.03. The van der Waals surface area contributed by atoms with Gasteiger partial charge in [0, 0.05) is 5.69 Å². The molecule has 2 aromatic rings. The number of nitro groups is 1. The van der Waals surface area contributed by atoms with Gasteiger partial charge in [0.15, 0.2) is 0 Å². The molecule has 9 nitrogen and oxygen atoms in total. The predicted molar refractivity (Wildman–Crippen MR) is 100 cm³/mol. The average molecular weight is 365 g/mol. The van der Waals surface area contributed by atoms with Crippen molar-refractivity contribution in [3.05, 3.63) is 46.3 Å². The zero-order valence-corrected chi connectivity index (χ0v) is 14.9. The number of nitriles is 2. The highest BCUT2D eigenvalue weighted by Crippen LogP contribution is 2.33. The first-order valence-electron chi connectivity index (χ1n) is 8.44. The summed E-state index contributed by atoms with van der Waals surface area (Å²) in [6, 6.07) is 11.3. The molecule has 0 aliphatic heterocycles. The fourth-order valence-electron chi connectivity index (χ4n) is 2.51. The zero-order chi connectivity index (χ0) is 19.6. The highest BCUT2D eigenvalue weighted by molar-refractivity contribution is 5.74. The van der Waals surface area contributed by atoms with Crippen molar-refractivity contribution < 1.29 is 4.92 Å². The molecule has 0 radical (unpaired) electrons. The van der Waals surface area contributed by atoms with Gasteiger partial charge in [-0.25, -0.2) is 9.97 Å². The quantitative estimate of drug-likeness (QED) is 0.406. The molecule has 0 saturated heterocycles. The third kappa shape index (κ3) is 5.13. The third-order valence-corrected chi connectivity index (χ3v) is 3.84. The molecular formula is C18H19N7O2. The Morgan fingerprint density at radius 1 is 1.19 bits per heavy atom. The first-order chi connectivity index (χ1) is 13.1. The van der Waals surface area contributed by atoms with Gasteiger partial charge in [0.2, 0.25) is 11.6 Å². The van der Waals surface area contributed by atoms with Gasteiger partial charge in [-0.2, -0.15) is 10.5 Å². The Hall–Kier alpha value is -3.72. The minimum Gasteiger partial charge on any atom is -0.334 e. The summed E-state index contributed by atoms with van der Waals surface area (Å²) >= 11 is 0. The van der Waals surface area contributed by atoms with Gasteiger partial charge in [-0.3, -0.25) is 10.1 Å². The lowest BCUT2D eigenvalue weighted by molar-refractivity contribution is -0.383. The van der Waals surface area contributed by atoms with E-state index in [-0.39, 0.29) is 30.4 Å². The smallest absolute Gasteiger partial charge is 0.334 e. The fraction of sp³-hybridized carbons (Fsp3) is 0.333. The molecule has 1 aromatic heterocycles. The number of nitrogens with zero attached hydrogens (tertiary/aromatic N) is 6. The van der Waals surface area contributed by atoms with Gasteiger partial charge in [0.25, 0.3) is 0 Å². The molecule has 9 heteroatoms. The number of hydrogen-bond donors (Lipinski definition) is 1. The van der Waals surface area contributed by atoms with Crippen LogP contribution in [0.1, 0.15) is 25.3 Å². The van der Waals surface area contributed by atoms with Crippen LogP contribution in [0.4, 0.5) is 23.0 Å². The summed E-state index contributed by atoms with van der Waals surface area (Å²) < 4.78 is 0. The molecule has 0 aliphatic carbocycles. The van der Waals surface area contributed by atoms with Crippen molar-refractivity contribution in [2.75, 3.05) is 23.3 Å². The van der Waals surface area contributed by atoms with Gasteiger partial charge in [0.05, 0.1) is 17.1 Å². The third-order valence-electron chi connectivity index (χ3n) is 3.84. The molecule has 0 bridgehead atoms. The van der Waals surface area contributed by atoms with E-state index in [4.69, 9.17) is 10.5 Å². The monoisotopic (exact) mass is 365 g/mol. The van der Waals surface area contributed by atoms with Crippen LogP contribution in [-0.4, -0.2) is 28.0 Å². The Morgan fingerprint density at radius 2 is 1.85 bits per heavy atom. The van der Waals surface area contributed by atoms with Gasteiger partial charge >= 0.3 is 5.69 Å². The number of benzene rings is 1. The normalized spacial score (nSPS) is 9.89. The minimum atomic E-state index is -0.616. The maximum atomic E-state index is 11.6. The van der Waals surface area contributed by atoms with Crippen LogP contribution in [0.25, 0.3) is 0 Å². The predicted octanol–water partition coefficient (Wildman–Crippen LogP) is 3.32. The summed E-state index contributed by atoms with van der Waals surface area (Å²) in [5.41, 5.74) is 1.46. The molecule has 2 rings (SSSR count). The molecule has 0 amide bonds. The number of nitrogens with one attached hydrogen (secondary N) is 1. The molecule has 0 saturated carbocycles. The Morgan fingerprint density at radius 3 is 2.41 bits per heavy atom. The Labute approximate surface area is 157 Å². The second kappa shape index (κ2) is 9.68. The number of aromatic nitrogens is 2. The number of anilines is 3. The molecular weight excluding hydrogens is 346 g/mol. The van der Waals surface area contributed by atoms with Crippen LogP contribution in [0, 0.1) is 32.8 Å². The standard InChI is InChI=1S/C18H19N7O2/c1-2-3-4-14-5-7-15(8-6-14)23-17-16(25(26)27)18(22-13-21-17)24(11-9-19)12-10-20/h5-8,13H,2-4,11-12H2,1H3,(H,21,22,23). The lowest BCUT2D eigenvalue weighted by Crippen LogP contribution is -2.26. The van der Waals surface area contributed by atoms with Crippen LogP contribution in [-0.2, 0) is 6.42 Å². The van der Waals surface area contributed by atoms with E-state index in [1.807, 2.05) is 36.4 Å².